The van der Waals surface area contributed by atoms with Gasteiger partial charge in [0.25, 0.3) is 0 Å². The van der Waals surface area contributed by atoms with E-state index in [1.54, 1.807) is 18.6 Å². The number of aliphatic imine (C=N–C) groups is 1. The van der Waals surface area contributed by atoms with E-state index in [-0.39, 0.29) is 5.54 Å². The average molecular weight is 300 g/mol. The third kappa shape index (κ3) is 2.38. The van der Waals surface area contributed by atoms with Crippen LogP contribution in [0.2, 0.25) is 0 Å². The number of nitrogens with one attached hydrogen (secondary N) is 1. The van der Waals surface area contributed by atoms with Crippen molar-refractivity contribution in [3.05, 3.63) is 96.1 Å². The molecule has 4 nitrogen and oxygen atoms in total. The van der Waals surface area contributed by atoms with Crippen LogP contribution >= 0.6 is 0 Å². The van der Waals surface area contributed by atoms with Gasteiger partial charge >= 0.3 is 0 Å². The standard InChI is InChI=1S/C19H16N4/c1-3-7-15(8-4-1)19(16-9-5-2-6-10-16)14-22-18(23-19)17-13-20-11-12-21-17/h1-13H,14H2,(H,22,23). The fraction of sp³-hybridized carbons (Fsp3) is 0.105. The molecule has 0 amide bonds. The molecule has 112 valence electrons. The van der Waals surface area contributed by atoms with Crippen molar-refractivity contribution in [3.63, 3.8) is 0 Å². The Balaban J connectivity index is 1.78. The number of amidine groups is 1. The van der Waals surface area contributed by atoms with Gasteiger partial charge < -0.3 is 5.32 Å². The maximum absolute atomic E-state index is 4.72. The Morgan fingerprint density at radius 1 is 0.826 bits per heavy atom. The average Bonchev–Trinajstić information content (AvgIpc) is 3.11. The molecule has 4 heteroatoms. The summed E-state index contributed by atoms with van der Waals surface area (Å²) >= 11 is 0. The molecule has 3 aromatic rings. The summed E-state index contributed by atoms with van der Waals surface area (Å²) in [6, 6.07) is 20.8. The van der Waals surface area contributed by atoms with Crippen LogP contribution < -0.4 is 5.32 Å². The van der Waals surface area contributed by atoms with Gasteiger partial charge in [-0.2, -0.15) is 0 Å². The molecule has 0 atom stereocenters. The monoisotopic (exact) mass is 300 g/mol. The number of aromatic nitrogens is 2. The van der Waals surface area contributed by atoms with Gasteiger partial charge in [-0.3, -0.25) is 9.98 Å². The van der Waals surface area contributed by atoms with Crippen LogP contribution in [0.1, 0.15) is 16.8 Å². The van der Waals surface area contributed by atoms with E-state index < -0.39 is 0 Å². The lowest BCUT2D eigenvalue weighted by Crippen LogP contribution is -2.44. The first-order valence-electron chi connectivity index (χ1n) is 7.58. The molecule has 2 heterocycles. The highest BCUT2D eigenvalue weighted by atomic mass is 15.2. The van der Waals surface area contributed by atoms with Crippen LogP contribution in [-0.4, -0.2) is 22.3 Å². The summed E-state index contributed by atoms with van der Waals surface area (Å²) in [6.07, 6.45) is 5.09. The third-order valence-corrected chi connectivity index (χ3v) is 4.15. The lowest BCUT2D eigenvalue weighted by Gasteiger charge is -2.31. The summed E-state index contributed by atoms with van der Waals surface area (Å²) in [5.41, 5.74) is 2.78. The van der Waals surface area contributed by atoms with Crippen molar-refractivity contribution in [3.8, 4) is 0 Å². The summed E-state index contributed by atoms with van der Waals surface area (Å²) in [6.45, 7) is 0.632. The van der Waals surface area contributed by atoms with Crippen molar-refractivity contribution in [2.45, 2.75) is 5.54 Å². The van der Waals surface area contributed by atoms with Crippen molar-refractivity contribution in [1.82, 2.24) is 15.3 Å². The minimum atomic E-state index is -0.366. The van der Waals surface area contributed by atoms with Crippen LogP contribution in [0.3, 0.4) is 0 Å². The Labute approximate surface area is 135 Å². The van der Waals surface area contributed by atoms with Crippen LogP contribution in [-0.2, 0) is 5.54 Å². The van der Waals surface area contributed by atoms with Crippen molar-refractivity contribution in [1.29, 1.82) is 0 Å². The quantitative estimate of drug-likeness (QED) is 0.809. The summed E-state index contributed by atoms with van der Waals surface area (Å²) in [5.74, 6) is 0.783. The fourth-order valence-corrected chi connectivity index (χ4v) is 2.98. The van der Waals surface area contributed by atoms with E-state index in [1.165, 1.54) is 11.1 Å². The molecule has 2 aromatic carbocycles. The molecule has 1 aromatic heterocycles. The van der Waals surface area contributed by atoms with Crippen molar-refractivity contribution in [2.24, 2.45) is 4.99 Å². The van der Waals surface area contributed by atoms with E-state index in [0.29, 0.717) is 6.54 Å². The molecule has 4 rings (SSSR count). The van der Waals surface area contributed by atoms with Gasteiger partial charge in [-0.15, -0.1) is 0 Å². The highest BCUT2D eigenvalue weighted by Crippen LogP contribution is 2.33. The molecule has 0 saturated heterocycles. The minimum Gasteiger partial charge on any atom is -0.353 e. The Hall–Kier alpha value is -3.01. The Morgan fingerprint density at radius 3 is 2.04 bits per heavy atom. The molecule has 0 saturated carbocycles. The first-order chi connectivity index (χ1) is 11.4. The van der Waals surface area contributed by atoms with Gasteiger partial charge in [0, 0.05) is 12.4 Å². The second kappa shape index (κ2) is 5.65. The van der Waals surface area contributed by atoms with Crippen LogP contribution in [0.4, 0.5) is 0 Å². The van der Waals surface area contributed by atoms with Gasteiger partial charge in [0.2, 0.25) is 0 Å². The van der Waals surface area contributed by atoms with E-state index in [4.69, 9.17) is 4.99 Å². The fourth-order valence-electron chi connectivity index (χ4n) is 2.98. The highest BCUT2D eigenvalue weighted by Gasteiger charge is 2.39. The van der Waals surface area contributed by atoms with Gasteiger partial charge in [-0.25, -0.2) is 4.98 Å². The number of rotatable bonds is 3. The second-order valence-corrected chi connectivity index (χ2v) is 5.52. The summed E-state index contributed by atoms with van der Waals surface area (Å²) in [5, 5.41) is 3.60. The smallest absolute Gasteiger partial charge is 0.150 e. The number of hydrogen-bond donors (Lipinski definition) is 1. The Morgan fingerprint density at radius 2 is 1.48 bits per heavy atom. The molecule has 23 heavy (non-hydrogen) atoms. The largest absolute Gasteiger partial charge is 0.353 e. The third-order valence-electron chi connectivity index (χ3n) is 4.15. The Bertz CT molecular complexity index is 774. The van der Waals surface area contributed by atoms with Gasteiger partial charge in [-0.05, 0) is 11.1 Å². The SMILES string of the molecule is c1ccc(C2(c3ccccc3)CN=C(c3cnccn3)N2)cc1. The molecule has 0 fully saturated rings. The van der Waals surface area contributed by atoms with Gasteiger partial charge in [0.05, 0.1) is 12.7 Å². The van der Waals surface area contributed by atoms with Crippen LogP contribution in [0.25, 0.3) is 0 Å². The molecule has 1 aliphatic rings. The summed E-state index contributed by atoms with van der Waals surface area (Å²) in [4.78, 5) is 13.2. The molecule has 0 spiro atoms. The second-order valence-electron chi connectivity index (χ2n) is 5.52. The maximum atomic E-state index is 4.72. The van der Waals surface area contributed by atoms with E-state index in [2.05, 4.69) is 63.8 Å². The van der Waals surface area contributed by atoms with E-state index >= 15 is 0 Å². The summed E-state index contributed by atoms with van der Waals surface area (Å²) in [7, 11) is 0. The zero-order valence-electron chi connectivity index (χ0n) is 12.6. The predicted molar refractivity (Wildman–Crippen MR) is 90.2 cm³/mol. The van der Waals surface area contributed by atoms with Gasteiger partial charge in [0.1, 0.15) is 17.1 Å². The first kappa shape index (κ1) is 13.6. The molecular formula is C19H16N4. The summed E-state index contributed by atoms with van der Waals surface area (Å²) < 4.78 is 0. The first-order valence-corrected chi connectivity index (χ1v) is 7.58. The predicted octanol–water partition coefficient (Wildman–Crippen LogP) is 2.77. The lowest BCUT2D eigenvalue weighted by atomic mass is 9.83. The maximum Gasteiger partial charge on any atom is 0.150 e. The minimum absolute atomic E-state index is 0.366. The topological polar surface area (TPSA) is 50.2 Å². The number of nitrogens with zero attached hydrogens (tertiary/aromatic N) is 3. The normalized spacial score (nSPS) is 15.7. The highest BCUT2D eigenvalue weighted by molar-refractivity contribution is 5.99. The van der Waals surface area contributed by atoms with E-state index in [9.17, 15) is 0 Å². The zero-order chi connectivity index (χ0) is 15.5. The Kier molecular flexibility index (Phi) is 3.35. The molecule has 1 N–H and O–H groups in total. The van der Waals surface area contributed by atoms with Gasteiger partial charge in [-0.1, -0.05) is 60.7 Å². The van der Waals surface area contributed by atoms with E-state index in [1.807, 2.05) is 12.1 Å². The van der Waals surface area contributed by atoms with Crippen molar-refractivity contribution in [2.75, 3.05) is 6.54 Å². The van der Waals surface area contributed by atoms with E-state index in [0.717, 1.165) is 11.5 Å². The van der Waals surface area contributed by atoms with Gasteiger partial charge in [0.15, 0.2) is 0 Å². The van der Waals surface area contributed by atoms with Crippen LogP contribution in [0.15, 0.2) is 84.2 Å². The molecule has 1 aliphatic heterocycles. The number of hydrogen-bond acceptors (Lipinski definition) is 4. The molecule has 0 aliphatic carbocycles. The molecule has 0 unspecified atom stereocenters. The zero-order valence-corrected chi connectivity index (χ0v) is 12.6. The van der Waals surface area contributed by atoms with Crippen LogP contribution in [0, 0.1) is 0 Å². The molecular weight excluding hydrogens is 284 g/mol. The van der Waals surface area contributed by atoms with Crippen molar-refractivity contribution < 1.29 is 0 Å². The van der Waals surface area contributed by atoms with Crippen LogP contribution in [0.5, 0.6) is 0 Å². The lowest BCUT2D eigenvalue weighted by molar-refractivity contribution is 0.524. The molecule has 0 bridgehead atoms. The number of benzene rings is 2. The molecule has 0 radical (unpaired) electrons. The van der Waals surface area contributed by atoms with Crippen molar-refractivity contribution >= 4 is 5.84 Å².